The van der Waals surface area contributed by atoms with Crippen molar-refractivity contribution < 1.29 is 4.79 Å². The topological polar surface area (TPSA) is 57.9 Å². The number of carbonyl (C=O) groups is 1. The van der Waals surface area contributed by atoms with Gasteiger partial charge in [-0.05, 0) is 6.42 Å². The molecule has 0 aliphatic carbocycles. The average Bonchev–Trinajstić information content (AvgIpc) is 3.05. The van der Waals surface area contributed by atoms with Crippen molar-refractivity contribution in [2.24, 2.45) is 0 Å². The van der Waals surface area contributed by atoms with Crippen LogP contribution in [-0.2, 0) is 11.3 Å². The van der Waals surface area contributed by atoms with Crippen LogP contribution in [0.5, 0.6) is 0 Å². The first-order valence-electron chi connectivity index (χ1n) is 8.63. The molecule has 2 aromatic rings. The third-order valence-electron chi connectivity index (χ3n) is 4.46. The van der Waals surface area contributed by atoms with Crippen LogP contribution < -0.4 is 5.56 Å². The van der Waals surface area contributed by atoms with Crippen molar-refractivity contribution in [2.75, 3.05) is 26.2 Å². The van der Waals surface area contributed by atoms with Crippen molar-refractivity contribution in [3.05, 3.63) is 33.7 Å². The van der Waals surface area contributed by atoms with Crippen molar-refractivity contribution in [2.45, 2.75) is 39.2 Å². The highest BCUT2D eigenvalue weighted by Crippen LogP contribution is 2.11. The van der Waals surface area contributed by atoms with Gasteiger partial charge in [-0.2, -0.15) is 0 Å². The summed E-state index contributed by atoms with van der Waals surface area (Å²) in [5, 5.41) is 1.87. The van der Waals surface area contributed by atoms with Gasteiger partial charge >= 0.3 is 0 Å². The molecule has 1 aliphatic heterocycles. The average molecular weight is 348 g/mol. The third-order valence-corrected chi connectivity index (χ3v) is 5.22. The lowest BCUT2D eigenvalue weighted by molar-refractivity contribution is -0.133. The highest BCUT2D eigenvalue weighted by molar-refractivity contribution is 7.15. The van der Waals surface area contributed by atoms with Gasteiger partial charge < -0.3 is 4.90 Å². The van der Waals surface area contributed by atoms with Crippen LogP contribution >= 0.6 is 11.3 Å². The highest BCUT2D eigenvalue weighted by atomic mass is 32.1. The minimum atomic E-state index is -0.0269. The normalized spacial score (nSPS) is 16.0. The van der Waals surface area contributed by atoms with Gasteiger partial charge in [-0.1, -0.05) is 19.8 Å². The van der Waals surface area contributed by atoms with E-state index in [0.717, 1.165) is 56.1 Å². The molecule has 6 nitrogen and oxygen atoms in total. The fourth-order valence-electron chi connectivity index (χ4n) is 3.04. The minimum absolute atomic E-state index is 0.0269. The molecule has 0 atom stereocenters. The Hall–Kier alpha value is -1.73. The van der Waals surface area contributed by atoms with Gasteiger partial charge in [0.15, 0.2) is 4.96 Å². The number of carbonyl (C=O) groups excluding carboxylic acids is 1. The van der Waals surface area contributed by atoms with Crippen LogP contribution in [0.3, 0.4) is 0 Å². The van der Waals surface area contributed by atoms with Gasteiger partial charge in [0.2, 0.25) is 5.91 Å². The van der Waals surface area contributed by atoms with Crippen LogP contribution in [0.1, 0.15) is 38.3 Å². The van der Waals surface area contributed by atoms with Crippen LogP contribution in [-0.4, -0.2) is 51.3 Å². The molecule has 0 aromatic carbocycles. The zero-order valence-corrected chi connectivity index (χ0v) is 14.9. The maximum atomic E-state index is 12.2. The van der Waals surface area contributed by atoms with E-state index in [1.807, 2.05) is 10.3 Å². The Morgan fingerprint density at radius 1 is 1.25 bits per heavy atom. The Morgan fingerprint density at radius 3 is 2.79 bits per heavy atom. The maximum absolute atomic E-state index is 12.2. The molecule has 0 bridgehead atoms. The summed E-state index contributed by atoms with van der Waals surface area (Å²) in [4.78, 5) is 33.7. The van der Waals surface area contributed by atoms with Crippen LogP contribution in [0.15, 0.2) is 22.4 Å². The van der Waals surface area contributed by atoms with Gasteiger partial charge in [-0.3, -0.25) is 18.9 Å². The first-order valence-corrected chi connectivity index (χ1v) is 9.51. The Bertz CT molecular complexity index is 746. The molecule has 1 amide bonds. The van der Waals surface area contributed by atoms with Crippen molar-refractivity contribution in [3.8, 4) is 0 Å². The molecule has 0 radical (unpaired) electrons. The summed E-state index contributed by atoms with van der Waals surface area (Å²) in [5.74, 6) is 0.277. The summed E-state index contributed by atoms with van der Waals surface area (Å²) >= 11 is 1.47. The SMILES string of the molecule is CCCCCC(=O)N1CCN(Cc2cc(=O)n3ccsc3n2)CC1. The summed E-state index contributed by atoms with van der Waals surface area (Å²) in [6.07, 6.45) is 5.67. The third kappa shape index (κ3) is 4.02. The summed E-state index contributed by atoms with van der Waals surface area (Å²) in [6, 6.07) is 1.61. The van der Waals surface area contributed by atoms with E-state index in [0.29, 0.717) is 13.0 Å². The molecule has 2 aromatic heterocycles. The zero-order valence-electron chi connectivity index (χ0n) is 14.1. The monoisotopic (exact) mass is 348 g/mol. The molecule has 0 saturated carbocycles. The highest BCUT2D eigenvalue weighted by Gasteiger charge is 2.21. The number of nitrogens with zero attached hydrogens (tertiary/aromatic N) is 4. The van der Waals surface area contributed by atoms with E-state index in [-0.39, 0.29) is 11.5 Å². The maximum Gasteiger partial charge on any atom is 0.258 e. The van der Waals surface area contributed by atoms with Crippen LogP contribution in [0.25, 0.3) is 4.96 Å². The predicted molar refractivity (Wildman–Crippen MR) is 95.3 cm³/mol. The number of rotatable bonds is 6. The molecule has 1 fully saturated rings. The predicted octanol–water partition coefficient (Wildman–Crippen LogP) is 1.98. The first kappa shape index (κ1) is 17.1. The molecule has 1 saturated heterocycles. The van der Waals surface area contributed by atoms with Crippen LogP contribution in [0, 0.1) is 0 Å². The molecule has 3 heterocycles. The second-order valence-corrected chi connectivity index (χ2v) is 7.13. The Balaban J connectivity index is 1.53. The lowest BCUT2D eigenvalue weighted by atomic mass is 10.2. The van der Waals surface area contributed by atoms with E-state index >= 15 is 0 Å². The lowest BCUT2D eigenvalue weighted by Crippen LogP contribution is -2.48. The quantitative estimate of drug-likeness (QED) is 0.749. The zero-order chi connectivity index (χ0) is 16.9. The fourth-order valence-corrected chi connectivity index (χ4v) is 3.78. The standard InChI is InChI=1S/C17H24N4O2S/c1-2-3-4-5-15(22)20-8-6-19(7-9-20)13-14-12-16(23)21-10-11-24-17(21)18-14/h10-12H,2-9,13H2,1H3. The number of unbranched alkanes of at least 4 members (excludes halogenated alkanes) is 2. The van der Waals surface area contributed by atoms with E-state index in [9.17, 15) is 9.59 Å². The van der Waals surface area contributed by atoms with Gasteiger partial charge in [0.25, 0.3) is 5.56 Å². The number of aromatic nitrogens is 2. The summed E-state index contributed by atoms with van der Waals surface area (Å²) < 4.78 is 1.57. The molecule has 130 valence electrons. The lowest BCUT2D eigenvalue weighted by Gasteiger charge is -2.34. The molecular formula is C17H24N4O2S. The van der Waals surface area contributed by atoms with Crippen molar-refractivity contribution in [3.63, 3.8) is 0 Å². The Kier molecular flexibility index (Phi) is 5.63. The number of fused-ring (bicyclic) bond motifs is 1. The van der Waals surface area contributed by atoms with Gasteiger partial charge in [-0.15, -0.1) is 11.3 Å². The second-order valence-electron chi connectivity index (χ2n) is 6.26. The van der Waals surface area contributed by atoms with Crippen molar-refractivity contribution >= 4 is 22.2 Å². The fraction of sp³-hybridized carbons (Fsp3) is 0.588. The molecule has 0 N–H and O–H groups in total. The number of piperazine rings is 1. The first-order chi connectivity index (χ1) is 11.7. The molecular weight excluding hydrogens is 324 g/mol. The summed E-state index contributed by atoms with van der Waals surface area (Å²) in [7, 11) is 0. The van der Waals surface area contributed by atoms with E-state index < -0.39 is 0 Å². The largest absolute Gasteiger partial charge is 0.340 e. The van der Waals surface area contributed by atoms with Crippen LogP contribution in [0.4, 0.5) is 0 Å². The van der Waals surface area contributed by atoms with Gasteiger partial charge in [0.05, 0.1) is 5.69 Å². The van der Waals surface area contributed by atoms with Gasteiger partial charge in [0, 0.05) is 56.8 Å². The van der Waals surface area contributed by atoms with E-state index in [1.165, 1.54) is 11.3 Å². The van der Waals surface area contributed by atoms with Crippen molar-refractivity contribution in [1.29, 1.82) is 0 Å². The number of amides is 1. The van der Waals surface area contributed by atoms with Gasteiger partial charge in [-0.25, -0.2) is 4.98 Å². The summed E-state index contributed by atoms with van der Waals surface area (Å²) in [5.41, 5.74) is 0.783. The van der Waals surface area contributed by atoms with E-state index in [1.54, 1.807) is 16.7 Å². The van der Waals surface area contributed by atoms with E-state index in [4.69, 9.17) is 0 Å². The second kappa shape index (κ2) is 7.90. The van der Waals surface area contributed by atoms with Gasteiger partial charge in [0.1, 0.15) is 0 Å². The molecule has 7 heteroatoms. The van der Waals surface area contributed by atoms with Crippen LogP contribution in [0.2, 0.25) is 0 Å². The molecule has 3 rings (SSSR count). The molecule has 0 unspecified atom stereocenters. The molecule has 0 spiro atoms. The number of hydrogen-bond donors (Lipinski definition) is 0. The number of thiazole rings is 1. The number of hydrogen-bond acceptors (Lipinski definition) is 5. The smallest absolute Gasteiger partial charge is 0.258 e. The van der Waals surface area contributed by atoms with E-state index in [2.05, 4.69) is 16.8 Å². The Labute approximate surface area is 145 Å². The van der Waals surface area contributed by atoms with Crippen molar-refractivity contribution in [1.82, 2.24) is 19.2 Å². The molecule has 1 aliphatic rings. The Morgan fingerprint density at radius 2 is 2.04 bits per heavy atom. The molecule has 24 heavy (non-hydrogen) atoms. The minimum Gasteiger partial charge on any atom is -0.340 e. The summed E-state index contributed by atoms with van der Waals surface area (Å²) in [6.45, 7) is 6.03.